The lowest BCUT2D eigenvalue weighted by molar-refractivity contribution is 0.605. The summed E-state index contributed by atoms with van der Waals surface area (Å²) in [5.41, 5.74) is 0. The third-order valence-electron chi connectivity index (χ3n) is 3.27. The maximum Gasteiger partial charge on any atom is 0.192 e. The van der Waals surface area contributed by atoms with E-state index in [-0.39, 0.29) is 0 Å². The van der Waals surface area contributed by atoms with Gasteiger partial charge in [0.2, 0.25) is 0 Å². The number of hydrogen-bond acceptors (Lipinski definition) is 3. The maximum absolute atomic E-state index is 5.25. The van der Waals surface area contributed by atoms with Crippen molar-refractivity contribution in [2.75, 3.05) is 13.1 Å². The molecule has 0 bridgehead atoms. The highest BCUT2D eigenvalue weighted by Crippen LogP contribution is 2.14. The molecule has 0 fully saturated rings. The smallest absolute Gasteiger partial charge is 0.192 e. The molecule has 0 amide bonds. The van der Waals surface area contributed by atoms with Crippen molar-refractivity contribution in [1.82, 2.24) is 25.4 Å². The summed E-state index contributed by atoms with van der Waals surface area (Å²) < 4.78 is 2.21. The Hall–Kier alpha value is -2.03. The van der Waals surface area contributed by atoms with Gasteiger partial charge in [0, 0.05) is 19.5 Å². The van der Waals surface area contributed by atoms with E-state index in [1.165, 1.54) is 19.3 Å². The Kier molecular flexibility index (Phi) is 5.42. The summed E-state index contributed by atoms with van der Waals surface area (Å²) in [5, 5.41) is 14.8. The van der Waals surface area contributed by atoms with E-state index in [9.17, 15) is 0 Å². The predicted octanol–water partition coefficient (Wildman–Crippen LogP) is 0.693. The lowest BCUT2D eigenvalue weighted by Gasteiger charge is -2.09. The molecule has 0 radical (unpaired) electrons. The van der Waals surface area contributed by atoms with Crippen LogP contribution in [0.15, 0.2) is 4.99 Å². The van der Waals surface area contributed by atoms with Crippen molar-refractivity contribution >= 4 is 5.96 Å². The minimum atomic E-state index is 0.462. The quantitative estimate of drug-likeness (QED) is 0.482. The van der Waals surface area contributed by atoms with E-state index < -0.39 is 0 Å². The van der Waals surface area contributed by atoms with Crippen LogP contribution < -0.4 is 10.6 Å². The average Bonchev–Trinajstić information content (AvgIpc) is 2.69. The van der Waals surface area contributed by atoms with Crippen molar-refractivity contribution in [3.05, 3.63) is 11.6 Å². The van der Waals surface area contributed by atoms with Crippen molar-refractivity contribution < 1.29 is 0 Å². The second-order valence-electron chi connectivity index (χ2n) is 4.75. The first-order valence-corrected chi connectivity index (χ1v) is 7.21. The Labute approximate surface area is 120 Å². The summed E-state index contributed by atoms with van der Waals surface area (Å²) in [4.78, 5) is 4.51. The highest BCUT2D eigenvalue weighted by molar-refractivity contribution is 5.79. The lowest BCUT2D eigenvalue weighted by atomic mass is 10.2. The lowest BCUT2D eigenvalue weighted by Crippen LogP contribution is -2.37. The fraction of sp³-hybridized carbons (Fsp3) is 0.643. The van der Waals surface area contributed by atoms with Gasteiger partial charge in [-0.25, -0.2) is 4.99 Å². The van der Waals surface area contributed by atoms with E-state index >= 15 is 0 Å². The topological polar surface area (TPSA) is 67.1 Å². The van der Waals surface area contributed by atoms with E-state index in [1.54, 1.807) is 0 Å². The van der Waals surface area contributed by atoms with Crippen LogP contribution in [0.5, 0.6) is 0 Å². The van der Waals surface area contributed by atoms with Gasteiger partial charge in [-0.3, -0.25) is 0 Å². The molecule has 0 atom stereocenters. The highest BCUT2D eigenvalue weighted by atomic mass is 15.3. The summed E-state index contributed by atoms with van der Waals surface area (Å²) in [7, 11) is 0. The second-order valence-corrected chi connectivity index (χ2v) is 4.75. The number of hydrogen-bond donors (Lipinski definition) is 2. The molecule has 1 aliphatic heterocycles. The molecule has 2 heterocycles. The zero-order chi connectivity index (χ0) is 14.2. The van der Waals surface area contributed by atoms with Gasteiger partial charge in [0.25, 0.3) is 0 Å². The zero-order valence-electron chi connectivity index (χ0n) is 12.0. The van der Waals surface area contributed by atoms with Crippen LogP contribution in [0, 0.1) is 12.3 Å². The van der Waals surface area contributed by atoms with E-state index in [0.29, 0.717) is 13.1 Å². The largest absolute Gasteiger partial charge is 0.357 e. The minimum Gasteiger partial charge on any atom is -0.357 e. The second kappa shape index (κ2) is 7.53. The molecule has 0 saturated heterocycles. The van der Waals surface area contributed by atoms with Gasteiger partial charge in [-0.2, -0.15) is 0 Å². The number of aromatic nitrogens is 3. The zero-order valence-corrected chi connectivity index (χ0v) is 12.0. The fourth-order valence-corrected chi connectivity index (χ4v) is 2.29. The molecule has 0 unspecified atom stereocenters. The molecular weight excluding hydrogens is 252 g/mol. The number of nitrogens with one attached hydrogen (secondary N) is 2. The molecule has 6 nitrogen and oxygen atoms in total. The number of fused-ring (bicyclic) bond motifs is 1. The highest BCUT2D eigenvalue weighted by Gasteiger charge is 2.14. The molecular formula is C14H22N6. The van der Waals surface area contributed by atoms with Crippen LogP contribution in [-0.4, -0.2) is 33.8 Å². The molecule has 108 valence electrons. The average molecular weight is 274 g/mol. The molecule has 20 heavy (non-hydrogen) atoms. The van der Waals surface area contributed by atoms with Crippen LogP contribution in [0.3, 0.4) is 0 Å². The van der Waals surface area contributed by atoms with Gasteiger partial charge >= 0.3 is 0 Å². The summed E-state index contributed by atoms with van der Waals surface area (Å²) in [6.45, 7) is 4.81. The first-order valence-electron chi connectivity index (χ1n) is 7.21. The molecule has 1 aliphatic rings. The number of aliphatic imine (C=N–C) groups is 1. The van der Waals surface area contributed by atoms with Crippen LogP contribution in [0.1, 0.15) is 37.8 Å². The Morgan fingerprint density at radius 2 is 2.25 bits per heavy atom. The van der Waals surface area contributed by atoms with Crippen LogP contribution in [0.2, 0.25) is 0 Å². The summed E-state index contributed by atoms with van der Waals surface area (Å²) in [5.74, 6) is 5.28. The molecule has 0 spiro atoms. The van der Waals surface area contributed by atoms with Crippen LogP contribution in [0.25, 0.3) is 0 Å². The fourth-order valence-electron chi connectivity index (χ4n) is 2.29. The third-order valence-corrected chi connectivity index (χ3v) is 3.27. The summed E-state index contributed by atoms with van der Waals surface area (Å²) in [6, 6.07) is 0. The van der Waals surface area contributed by atoms with E-state index in [0.717, 1.165) is 37.1 Å². The summed E-state index contributed by atoms with van der Waals surface area (Å²) >= 11 is 0. The maximum atomic E-state index is 5.25. The van der Waals surface area contributed by atoms with Crippen molar-refractivity contribution in [3.63, 3.8) is 0 Å². The van der Waals surface area contributed by atoms with Crippen molar-refractivity contribution in [2.24, 2.45) is 4.99 Å². The Morgan fingerprint density at radius 3 is 3.05 bits per heavy atom. The monoisotopic (exact) mass is 274 g/mol. The van der Waals surface area contributed by atoms with Gasteiger partial charge in [0.15, 0.2) is 11.8 Å². The Bertz CT molecular complexity index is 496. The van der Waals surface area contributed by atoms with Crippen molar-refractivity contribution in [3.8, 4) is 12.3 Å². The van der Waals surface area contributed by atoms with Gasteiger partial charge in [0.1, 0.15) is 12.4 Å². The van der Waals surface area contributed by atoms with Gasteiger partial charge in [-0.05, 0) is 19.8 Å². The van der Waals surface area contributed by atoms with Gasteiger partial charge in [0.05, 0.1) is 6.54 Å². The van der Waals surface area contributed by atoms with Crippen molar-refractivity contribution in [1.29, 1.82) is 0 Å². The number of terminal acetylenes is 1. The Morgan fingerprint density at radius 1 is 1.35 bits per heavy atom. The molecule has 0 aliphatic carbocycles. The molecule has 0 saturated carbocycles. The van der Waals surface area contributed by atoms with E-state index in [2.05, 4.69) is 36.3 Å². The number of aryl methyl sites for hydroxylation is 1. The first kappa shape index (κ1) is 14.4. The van der Waals surface area contributed by atoms with E-state index in [4.69, 9.17) is 6.42 Å². The molecule has 2 N–H and O–H groups in total. The first-order chi connectivity index (χ1) is 9.85. The number of nitrogens with zero attached hydrogens (tertiary/aromatic N) is 4. The molecule has 1 aromatic heterocycles. The number of rotatable bonds is 4. The van der Waals surface area contributed by atoms with Crippen molar-refractivity contribution in [2.45, 2.75) is 45.7 Å². The SMILES string of the molecule is C#CCNC(=NCc1nnc2n1CCCCC2)NCC. The number of guanidine groups is 1. The molecule has 2 rings (SSSR count). The minimum absolute atomic E-state index is 0.462. The summed E-state index contributed by atoms with van der Waals surface area (Å²) in [6.07, 6.45) is 9.93. The van der Waals surface area contributed by atoms with Crippen LogP contribution in [-0.2, 0) is 19.5 Å². The van der Waals surface area contributed by atoms with E-state index in [1.807, 2.05) is 6.92 Å². The van der Waals surface area contributed by atoms with Gasteiger partial charge in [-0.1, -0.05) is 12.3 Å². The molecule has 6 heteroatoms. The predicted molar refractivity (Wildman–Crippen MR) is 79.2 cm³/mol. The van der Waals surface area contributed by atoms with Crippen LogP contribution >= 0.6 is 0 Å². The van der Waals surface area contributed by atoms with Gasteiger partial charge < -0.3 is 15.2 Å². The third kappa shape index (κ3) is 3.73. The normalized spacial score (nSPS) is 15.1. The molecule has 0 aromatic carbocycles. The van der Waals surface area contributed by atoms with Gasteiger partial charge in [-0.15, -0.1) is 16.6 Å². The standard InChI is InChI=1S/C14H22N6/c1-3-9-16-14(15-4-2)17-11-13-19-18-12-8-6-5-7-10-20(12)13/h1H,4-11H2,2H3,(H2,15,16,17). The Balaban J connectivity index is 2.05. The van der Waals surface area contributed by atoms with Crippen LogP contribution in [0.4, 0.5) is 0 Å². The molecule has 1 aromatic rings.